The molecule has 176 valence electrons. The van der Waals surface area contributed by atoms with Gasteiger partial charge in [0.05, 0.1) is 6.61 Å². The molecule has 0 radical (unpaired) electrons. The van der Waals surface area contributed by atoms with Crippen LogP contribution >= 0.6 is 24.0 Å². The maximum atomic E-state index is 5.69. The zero-order valence-corrected chi connectivity index (χ0v) is 22.1. The summed E-state index contributed by atoms with van der Waals surface area (Å²) in [5, 5.41) is 7.32. The van der Waals surface area contributed by atoms with Crippen LogP contribution in [-0.2, 0) is 10.2 Å². The number of ether oxygens (including phenoxy) is 2. The Morgan fingerprint density at radius 3 is 2.45 bits per heavy atom. The summed E-state index contributed by atoms with van der Waals surface area (Å²) in [5.41, 5.74) is 1.39. The molecule has 0 spiro atoms. The molecule has 0 saturated carbocycles. The average Bonchev–Trinajstić information content (AvgIpc) is 3.13. The summed E-state index contributed by atoms with van der Waals surface area (Å²) in [6, 6.07) is 9.61. The Morgan fingerprint density at radius 1 is 1.23 bits per heavy atom. The van der Waals surface area contributed by atoms with Gasteiger partial charge in [-0.05, 0) is 57.2 Å². The summed E-state index contributed by atoms with van der Waals surface area (Å²) in [4.78, 5) is 7.07. The van der Waals surface area contributed by atoms with E-state index in [0.29, 0.717) is 24.6 Å². The van der Waals surface area contributed by atoms with Gasteiger partial charge >= 0.3 is 0 Å². The van der Waals surface area contributed by atoms with Crippen molar-refractivity contribution in [1.29, 1.82) is 0 Å². The molecule has 2 unspecified atom stereocenters. The Kier molecular flexibility index (Phi) is 10.4. The molecule has 2 fully saturated rings. The Morgan fingerprint density at radius 2 is 1.90 bits per heavy atom. The third-order valence-electron chi connectivity index (χ3n) is 6.74. The smallest absolute Gasteiger partial charge is 0.191 e. The SMILES string of the molecule is CCOc1ccc(C2(CNC(=NC)NC3CN(C(C)C)CC3C)CCOCC2)cc1.I. The Bertz CT molecular complexity index is 689. The van der Waals surface area contributed by atoms with Gasteiger partial charge in [0, 0.05) is 57.4 Å². The molecule has 2 aliphatic heterocycles. The zero-order chi connectivity index (χ0) is 21.6. The molecule has 2 atom stereocenters. The van der Waals surface area contributed by atoms with Crippen molar-refractivity contribution in [2.75, 3.05) is 46.5 Å². The normalized spacial score (nSPS) is 24.0. The van der Waals surface area contributed by atoms with Crippen LogP contribution in [0.25, 0.3) is 0 Å². The predicted octanol–water partition coefficient (Wildman–Crippen LogP) is 3.65. The van der Waals surface area contributed by atoms with Crippen molar-refractivity contribution in [2.24, 2.45) is 10.9 Å². The van der Waals surface area contributed by atoms with E-state index in [1.165, 1.54) is 5.56 Å². The summed E-state index contributed by atoms with van der Waals surface area (Å²) in [6.07, 6.45) is 2.01. The summed E-state index contributed by atoms with van der Waals surface area (Å²) >= 11 is 0. The summed E-state index contributed by atoms with van der Waals surface area (Å²) < 4.78 is 11.3. The fraction of sp³-hybridized carbons (Fsp3) is 0.708. The summed E-state index contributed by atoms with van der Waals surface area (Å²) in [6.45, 7) is 14.2. The monoisotopic (exact) mass is 544 g/mol. The van der Waals surface area contributed by atoms with Gasteiger partial charge in [0.2, 0.25) is 0 Å². The average molecular weight is 545 g/mol. The molecule has 0 aliphatic carbocycles. The van der Waals surface area contributed by atoms with Crippen LogP contribution in [0.5, 0.6) is 5.75 Å². The number of hydrogen-bond donors (Lipinski definition) is 2. The second-order valence-electron chi connectivity index (χ2n) is 9.05. The number of hydrogen-bond acceptors (Lipinski definition) is 4. The first-order valence-electron chi connectivity index (χ1n) is 11.5. The fourth-order valence-electron chi connectivity index (χ4n) is 4.64. The van der Waals surface area contributed by atoms with Crippen LogP contribution in [-0.4, -0.2) is 69.4 Å². The minimum Gasteiger partial charge on any atom is -0.494 e. The van der Waals surface area contributed by atoms with E-state index in [1.54, 1.807) is 0 Å². The summed E-state index contributed by atoms with van der Waals surface area (Å²) in [7, 11) is 1.86. The van der Waals surface area contributed by atoms with E-state index >= 15 is 0 Å². The van der Waals surface area contributed by atoms with E-state index in [2.05, 4.69) is 65.6 Å². The lowest BCUT2D eigenvalue weighted by molar-refractivity contribution is 0.0513. The van der Waals surface area contributed by atoms with Crippen LogP contribution < -0.4 is 15.4 Å². The predicted molar refractivity (Wildman–Crippen MR) is 139 cm³/mol. The molecular weight excluding hydrogens is 503 g/mol. The van der Waals surface area contributed by atoms with Gasteiger partial charge in [-0.25, -0.2) is 0 Å². The maximum Gasteiger partial charge on any atom is 0.191 e. The van der Waals surface area contributed by atoms with Crippen molar-refractivity contribution in [3.8, 4) is 5.75 Å². The first-order valence-corrected chi connectivity index (χ1v) is 11.5. The fourth-order valence-corrected chi connectivity index (χ4v) is 4.64. The Balaban J connectivity index is 0.00000341. The van der Waals surface area contributed by atoms with Gasteiger partial charge in [0.25, 0.3) is 0 Å². The van der Waals surface area contributed by atoms with Crippen molar-refractivity contribution in [3.63, 3.8) is 0 Å². The molecule has 31 heavy (non-hydrogen) atoms. The molecule has 2 N–H and O–H groups in total. The van der Waals surface area contributed by atoms with E-state index in [0.717, 1.165) is 57.4 Å². The molecule has 7 heteroatoms. The molecule has 6 nitrogen and oxygen atoms in total. The second-order valence-corrected chi connectivity index (χ2v) is 9.05. The first-order chi connectivity index (χ1) is 14.5. The second kappa shape index (κ2) is 12.3. The maximum absolute atomic E-state index is 5.69. The number of halogens is 1. The molecule has 1 aromatic rings. The number of aliphatic imine (C=N–C) groups is 1. The quantitative estimate of drug-likeness (QED) is 0.312. The van der Waals surface area contributed by atoms with Crippen molar-refractivity contribution >= 4 is 29.9 Å². The molecule has 2 aliphatic rings. The van der Waals surface area contributed by atoms with E-state index in [1.807, 2.05) is 14.0 Å². The lowest BCUT2D eigenvalue weighted by atomic mass is 9.74. The van der Waals surface area contributed by atoms with E-state index in [4.69, 9.17) is 9.47 Å². The van der Waals surface area contributed by atoms with Crippen molar-refractivity contribution < 1.29 is 9.47 Å². The molecular formula is C24H41IN4O2. The van der Waals surface area contributed by atoms with Crippen LogP contribution in [0.2, 0.25) is 0 Å². The highest BCUT2D eigenvalue weighted by molar-refractivity contribution is 14.0. The first kappa shape index (κ1) is 26.2. The molecule has 3 rings (SSSR count). The van der Waals surface area contributed by atoms with Gasteiger partial charge in [0.15, 0.2) is 5.96 Å². The molecule has 0 amide bonds. The van der Waals surface area contributed by atoms with E-state index in [-0.39, 0.29) is 29.4 Å². The lowest BCUT2D eigenvalue weighted by Gasteiger charge is -2.38. The number of likely N-dealkylation sites (tertiary alicyclic amines) is 1. The largest absolute Gasteiger partial charge is 0.494 e. The molecule has 0 aromatic heterocycles. The number of nitrogens with one attached hydrogen (secondary N) is 2. The molecule has 2 saturated heterocycles. The van der Waals surface area contributed by atoms with Gasteiger partial charge in [-0.15, -0.1) is 24.0 Å². The highest BCUT2D eigenvalue weighted by Gasteiger charge is 2.36. The minimum atomic E-state index is 0. The third kappa shape index (κ3) is 6.71. The highest BCUT2D eigenvalue weighted by atomic mass is 127. The van der Waals surface area contributed by atoms with Gasteiger partial charge in [0.1, 0.15) is 5.75 Å². The number of benzene rings is 1. The van der Waals surface area contributed by atoms with Gasteiger partial charge < -0.3 is 20.1 Å². The van der Waals surface area contributed by atoms with E-state index in [9.17, 15) is 0 Å². The number of guanidine groups is 1. The van der Waals surface area contributed by atoms with Crippen LogP contribution in [0.4, 0.5) is 0 Å². The van der Waals surface area contributed by atoms with Crippen molar-refractivity contribution in [2.45, 2.75) is 58.0 Å². The van der Waals surface area contributed by atoms with Crippen LogP contribution in [0.3, 0.4) is 0 Å². The Hall–Kier alpha value is -1.06. The standard InChI is InChI=1S/C24H40N4O2.HI/c1-6-30-21-9-7-20(8-10-21)24(11-13-29-14-12-24)17-26-23(25-5)27-22-16-28(18(2)3)15-19(22)4;/h7-10,18-19,22H,6,11-17H2,1-5H3,(H2,25,26,27);1H. The Labute approximate surface area is 205 Å². The lowest BCUT2D eigenvalue weighted by Crippen LogP contribution is -2.51. The van der Waals surface area contributed by atoms with Crippen molar-refractivity contribution in [1.82, 2.24) is 15.5 Å². The van der Waals surface area contributed by atoms with Crippen LogP contribution in [0, 0.1) is 5.92 Å². The van der Waals surface area contributed by atoms with Crippen molar-refractivity contribution in [3.05, 3.63) is 29.8 Å². The molecule has 2 heterocycles. The van der Waals surface area contributed by atoms with Crippen LogP contribution in [0.15, 0.2) is 29.3 Å². The topological polar surface area (TPSA) is 58.1 Å². The van der Waals surface area contributed by atoms with Gasteiger partial charge in [-0.2, -0.15) is 0 Å². The molecule has 0 bridgehead atoms. The number of rotatable bonds is 7. The number of nitrogens with zero attached hydrogens (tertiary/aromatic N) is 2. The van der Waals surface area contributed by atoms with Gasteiger partial charge in [-0.3, -0.25) is 9.89 Å². The summed E-state index contributed by atoms with van der Waals surface area (Å²) in [5.74, 6) is 2.43. The minimum absolute atomic E-state index is 0. The zero-order valence-electron chi connectivity index (χ0n) is 19.8. The van der Waals surface area contributed by atoms with Crippen LogP contribution in [0.1, 0.15) is 46.1 Å². The third-order valence-corrected chi connectivity index (χ3v) is 6.74. The van der Waals surface area contributed by atoms with E-state index < -0.39 is 0 Å². The highest BCUT2D eigenvalue weighted by Crippen LogP contribution is 2.35. The van der Waals surface area contributed by atoms with Gasteiger partial charge in [-0.1, -0.05) is 19.1 Å². The molecule has 1 aromatic carbocycles.